The molecule has 0 saturated heterocycles. The molecule has 2 rings (SSSR count). The number of rotatable bonds is 18. The Kier molecular flexibility index (Phi) is 13.4. The molecular formula is C28H43N9O6. The molecule has 0 aliphatic rings. The van der Waals surface area contributed by atoms with Crippen molar-refractivity contribution in [3.8, 4) is 0 Å². The highest BCUT2D eigenvalue weighted by atomic mass is 16.4. The van der Waals surface area contributed by atoms with E-state index in [2.05, 4.69) is 25.9 Å². The number of carbonyl (C=O) groups is 5. The number of aromatic amines is 1. The van der Waals surface area contributed by atoms with Gasteiger partial charge in [-0.25, -0.2) is 4.79 Å². The number of H-pyrrole nitrogens is 1. The van der Waals surface area contributed by atoms with E-state index in [9.17, 15) is 29.1 Å². The Balaban J connectivity index is 2.30. The Morgan fingerprint density at radius 2 is 1.63 bits per heavy atom. The third-order valence-electron chi connectivity index (χ3n) is 7.12. The summed E-state index contributed by atoms with van der Waals surface area (Å²) in [7, 11) is 0. The Hall–Kier alpha value is -4.66. The average molecular weight is 602 g/mol. The van der Waals surface area contributed by atoms with Gasteiger partial charge in [0.05, 0.1) is 6.04 Å². The van der Waals surface area contributed by atoms with Crippen LogP contribution in [0.5, 0.6) is 0 Å². The van der Waals surface area contributed by atoms with E-state index in [-0.39, 0.29) is 50.5 Å². The summed E-state index contributed by atoms with van der Waals surface area (Å²) in [5.74, 6) is -4.37. The maximum atomic E-state index is 13.6. The first kappa shape index (κ1) is 34.5. The number of carboxylic acid groups (broad SMARTS) is 1. The fourth-order valence-electron chi connectivity index (χ4n) is 4.42. The Bertz CT molecular complexity index is 1310. The second-order valence-corrected chi connectivity index (χ2v) is 10.5. The molecule has 5 unspecified atom stereocenters. The van der Waals surface area contributed by atoms with Crippen molar-refractivity contribution in [2.75, 3.05) is 6.54 Å². The van der Waals surface area contributed by atoms with Crippen LogP contribution in [0.2, 0.25) is 0 Å². The summed E-state index contributed by atoms with van der Waals surface area (Å²) >= 11 is 0. The number of aliphatic carboxylic acids is 1. The van der Waals surface area contributed by atoms with Gasteiger partial charge in [0.2, 0.25) is 23.6 Å². The molecular weight excluding hydrogens is 558 g/mol. The fourth-order valence-corrected chi connectivity index (χ4v) is 4.42. The van der Waals surface area contributed by atoms with Gasteiger partial charge in [0.15, 0.2) is 5.96 Å². The molecule has 0 bridgehead atoms. The SMILES string of the molecule is CCC(C)C(NC(=O)C(N)CCC(N)=O)C(=O)NC(Cc1c[nH]c2ccccc12)C(=O)NC(CCCN=C(N)N)C(=O)O. The van der Waals surface area contributed by atoms with Crippen molar-refractivity contribution in [3.63, 3.8) is 0 Å². The van der Waals surface area contributed by atoms with Crippen LogP contribution in [-0.4, -0.2) is 76.4 Å². The highest BCUT2D eigenvalue weighted by Gasteiger charge is 2.33. The Morgan fingerprint density at radius 1 is 0.953 bits per heavy atom. The average Bonchev–Trinajstić information content (AvgIpc) is 3.37. The van der Waals surface area contributed by atoms with Gasteiger partial charge in [0.1, 0.15) is 18.1 Å². The van der Waals surface area contributed by atoms with Crippen LogP contribution in [-0.2, 0) is 30.4 Å². The molecule has 0 radical (unpaired) electrons. The standard InChI is InChI=1S/C28H43N9O6/c1-3-15(2)23(37-24(39)18(29)10-11-22(30)38)26(41)36-21(13-16-14-34-19-8-5-4-7-17(16)19)25(40)35-20(27(42)43)9-6-12-33-28(31)32/h4-5,7-8,14-15,18,20-21,23,34H,3,6,9-13,29H2,1-2H3,(H2,30,38)(H,35,40)(H,36,41)(H,37,39)(H,42,43)(H4,31,32,33). The molecule has 1 heterocycles. The normalized spacial score (nSPS) is 14.5. The predicted octanol–water partition coefficient (Wildman–Crippen LogP) is -1.06. The van der Waals surface area contributed by atoms with Crippen LogP contribution in [0.4, 0.5) is 0 Å². The molecule has 15 nitrogen and oxygen atoms in total. The number of carboxylic acids is 1. The summed E-state index contributed by atoms with van der Waals surface area (Å²) in [6.45, 7) is 3.76. The predicted molar refractivity (Wildman–Crippen MR) is 161 cm³/mol. The van der Waals surface area contributed by atoms with Crippen molar-refractivity contribution in [2.45, 2.75) is 76.5 Å². The minimum Gasteiger partial charge on any atom is -0.480 e. The molecule has 0 spiro atoms. The van der Waals surface area contributed by atoms with E-state index < -0.39 is 53.8 Å². The first-order valence-corrected chi connectivity index (χ1v) is 14.1. The Labute approximate surface area is 249 Å². The monoisotopic (exact) mass is 601 g/mol. The van der Waals surface area contributed by atoms with E-state index in [0.29, 0.717) is 12.0 Å². The molecule has 0 aliphatic heterocycles. The molecule has 0 fully saturated rings. The number of para-hydroxylation sites is 1. The van der Waals surface area contributed by atoms with Gasteiger partial charge in [-0.2, -0.15) is 0 Å². The van der Waals surface area contributed by atoms with Gasteiger partial charge >= 0.3 is 5.97 Å². The van der Waals surface area contributed by atoms with E-state index in [1.54, 1.807) is 13.1 Å². The van der Waals surface area contributed by atoms with Crippen molar-refractivity contribution in [1.82, 2.24) is 20.9 Å². The van der Waals surface area contributed by atoms with Crippen molar-refractivity contribution >= 4 is 46.5 Å². The number of benzene rings is 1. The topological polar surface area (TPSA) is 274 Å². The van der Waals surface area contributed by atoms with E-state index in [4.69, 9.17) is 22.9 Å². The van der Waals surface area contributed by atoms with Gasteiger partial charge in [-0.05, 0) is 36.8 Å². The Morgan fingerprint density at radius 3 is 2.26 bits per heavy atom. The number of nitrogens with zero attached hydrogens (tertiary/aromatic N) is 1. The summed E-state index contributed by atoms with van der Waals surface area (Å²) in [5, 5.41) is 18.4. The lowest BCUT2D eigenvalue weighted by Gasteiger charge is -2.28. The number of hydrogen-bond donors (Lipinski definition) is 9. The van der Waals surface area contributed by atoms with Crippen LogP contribution in [0.1, 0.15) is 51.5 Å². The van der Waals surface area contributed by atoms with Crippen LogP contribution in [0.3, 0.4) is 0 Å². The summed E-state index contributed by atoms with van der Waals surface area (Å²) in [6, 6.07) is 2.80. The first-order chi connectivity index (χ1) is 20.3. The van der Waals surface area contributed by atoms with Crippen molar-refractivity contribution < 1.29 is 29.1 Å². The number of aromatic nitrogens is 1. The summed E-state index contributed by atoms with van der Waals surface area (Å²) in [6.07, 6.45) is 2.48. The molecule has 0 saturated carbocycles. The summed E-state index contributed by atoms with van der Waals surface area (Å²) in [5.41, 5.74) is 23.2. The first-order valence-electron chi connectivity index (χ1n) is 14.1. The highest BCUT2D eigenvalue weighted by molar-refractivity contribution is 5.95. The molecule has 15 heteroatoms. The maximum Gasteiger partial charge on any atom is 0.326 e. The minimum atomic E-state index is -1.27. The number of hydrogen-bond acceptors (Lipinski definition) is 7. The van der Waals surface area contributed by atoms with Gasteiger partial charge < -0.3 is 49.0 Å². The number of nitrogens with two attached hydrogens (primary N) is 4. The van der Waals surface area contributed by atoms with Crippen LogP contribution < -0.4 is 38.9 Å². The smallest absolute Gasteiger partial charge is 0.326 e. The van der Waals surface area contributed by atoms with E-state index >= 15 is 0 Å². The third-order valence-corrected chi connectivity index (χ3v) is 7.12. The fraction of sp³-hybridized carbons (Fsp3) is 0.500. The quantitative estimate of drug-likeness (QED) is 0.0571. The third kappa shape index (κ3) is 10.9. The lowest BCUT2D eigenvalue weighted by molar-refractivity contribution is -0.142. The minimum absolute atomic E-state index is 0.00136. The second kappa shape index (κ2) is 16.7. The zero-order valence-electron chi connectivity index (χ0n) is 24.5. The maximum absolute atomic E-state index is 13.6. The number of fused-ring (bicyclic) bond motifs is 1. The number of amides is 4. The molecule has 5 atom stereocenters. The summed E-state index contributed by atoms with van der Waals surface area (Å²) < 4.78 is 0. The van der Waals surface area contributed by atoms with Gasteiger partial charge in [-0.3, -0.25) is 24.2 Å². The molecule has 0 aliphatic carbocycles. The summed E-state index contributed by atoms with van der Waals surface area (Å²) in [4.78, 5) is 69.9. The largest absolute Gasteiger partial charge is 0.480 e. The highest BCUT2D eigenvalue weighted by Crippen LogP contribution is 2.20. The van der Waals surface area contributed by atoms with Gasteiger partial charge in [-0.1, -0.05) is 38.5 Å². The van der Waals surface area contributed by atoms with Crippen molar-refractivity contribution in [3.05, 3.63) is 36.0 Å². The van der Waals surface area contributed by atoms with Crippen LogP contribution in [0, 0.1) is 5.92 Å². The number of nitrogens with one attached hydrogen (secondary N) is 4. The van der Waals surface area contributed by atoms with Crippen molar-refractivity contribution in [2.24, 2.45) is 33.8 Å². The lowest BCUT2D eigenvalue weighted by atomic mass is 9.96. The van der Waals surface area contributed by atoms with Crippen LogP contribution in [0.15, 0.2) is 35.5 Å². The molecule has 43 heavy (non-hydrogen) atoms. The number of carbonyl (C=O) groups excluding carboxylic acids is 4. The zero-order valence-corrected chi connectivity index (χ0v) is 24.5. The molecule has 1 aromatic carbocycles. The molecule has 236 valence electrons. The van der Waals surface area contributed by atoms with E-state index in [0.717, 1.165) is 10.9 Å². The number of aliphatic imine (C=N–C) groups is 1. The lowest BCUT2D eigenvalue weighted by Crippen LogP contribution is -2.59. The van der Waals surface area contributed by atoms with Crippen LogP contribution in [0.25, 0.3) is 10.9 Å². The molecule has 13 N–H and O–H groups in total. The molecule has 1 aromatic heterocycles. The van der Waals surface area contributed by atoms with Crippen molar-refractivity contribution in [1.29, 1.82) is 0 Å². The van der Waals surface area contributed by atoms with Crippen LogP contribution >= 0.6 is 0 Å². The van der Waals surface area contributed by atoms with Gasteiger partial charge in [0, 0.05) is 36.5 Å². The van der Waals surface area contributed by atoms with Gasteiger partial charge in [0.25, 0.3) is 0 Å². The van der Waals surface area contributed by atoms with E-state index in [1.807, 2.05) is 31.2 Å². The molecule has 2 aromatic rings. The number of primary amides is 1. The second-order valence-electron chi connectivity index (χ2n) is 10.5. The van der Waals surface area contributed by atoms with Gasteiger partial charge in [-0.15, -0.1) is 0 Å². The van der Waals surface area contributed by atoms with E-state index in [1.165, 1.54) is 0 Å². The zero-order chi connectivity index (χ0) is 32.1. The number of guanidine groups is 1. The molecule has 4 amide bonds.